The van der Waals surface area contributed by atoms with Gasteiger partial charge >= 0.3 is 0 Å². The van der Waals surface area contributed by atoms with Gasteiger partial charge in [0, 0.05) is 68.5 Å². The first kappa shape index (κ1) is 66.3. The standard InChI is InChI=1S/C60H82ClN10O12PS/c1-40-54(85-39-64-40)42-14-12-41(13-15-42)36-62-57(75)49-35-45(72)38-71(49)58(76)55(60(2,3)4)68-53(74)21-25-80-27-29-82-31-33-83-32-30-81-28-26-79-24-20-52(73)65-43-18-22-70(23-19-43)44-16-17-47(50(34-44)78-5)67-59-63-37-46(61)56(69-59)66-48-10-8-9-11-51(48)84(6,7)77/h8-17,34,37,39,43,45,49,55,72H,18-33,35-36,38H2,1-7H3,(H,62,75)(H,65,73)(H,68,74)(H2,63,66,67,69). The number of benzene rings is 3. The first-order valence-corrected chi connectivity index (χ1v) is 32.5. The minimum atomic E-state index is -2.57. The highest BCUT2D eigenvalue weighted by Crippen LogP contribution is 2.39. The van der Waals surface area contributed by atoms with Crippen LogP contribution in [0, 0.1) is 12.3 Å². The van der Waals surface area contributed by atoms with E-state index in [1.165, 1.54) is 11.1 Å². The molecule has 2 fully saturated rings. The van der Waals surface area contributed by atoms with Gasteiger partial charge in [-0.3, -0.25) is 19.2 Å². The van der Waals surface area contributed by atoms with Crippen LogP contribution in [0.15, 0.2) is 78.4 Å². The van der Waals surface area contributed by atoms with E-state index in [1.807, 2.05) is 99.9 Å². The van der Waals surface area contributed by atoms with Gasteiger partial charge in [0.2, 0.25) is 29.6 Å². The zero-order valence-corrected chi connectivity index (χ0v) is 52.1. The molecule has 0 bridgehead atoms. The molecule has 3 atom stereocenters. The second-order valence-electron chi connectivity index (χ2n) is 22.2. The van der Waals surface area contributed by atoms with Crippen molar-refractivity contribution in [3.05, 3.63) is 94.7 Å². The molecule has 0 radical (unpaired) electrons. The van der Waals surface area contributed by atoms with Gasteiger partial charge in [0.1, 0.15) is 30.0 Å². The lowest BCUT2D eigenvalue weighted by molar-refractivity contribution is -0.144. The maximum Gasteiger partial charge on any atom is 0.246 e. The third kappa shape index (κ3) is 20.4. The number of piperidine rings is 1. The number of thiazole rings is 1. The van der Waals surface area contributed by atoms with Crippen LogP contribution in [0.5, 0.6) is 5.75 Å². The molecule has 7 rings (SSSR count). The summed E-state index contributed by atoms with van der Waals surface area (Å²) in [5, 5.41) is 27.0. The second-order valence-corrected chi connectivity index (χ2v) is 26.7. The summed E-state index contributed by atoms with van der Waals surface area (Å²) < 4.78 is 46.7. The summed E-state index contributed by atoms with van der Waals surface area (Å²) in [6, 6.07) is 19.3. The van der Waals surface area contributed by atoms with Crippen molar-refractivity contribution >= 4 is 87.8 Å². The van der Waals surface area contributed by atoms with E-state index in [0.717, 1.165) is 53.3 Å². The highest BCUT2D eigenvalue weighted by molar-refractivity contribution is 7.70. The van der Waals surface area contributed by atoms with Gasteiger partial charge in [0.05, 0.1) is 113 Å². The van der Waals surface area contributed by atoms with Crippen LogP contribution in [0.25, 0.3) is 10.4 Å². The zero-order chi connectivity index (χ0) is 60.9. The van der Waals surface area contributed by atoms with E-state index in [2.05, 4.69) is 46.4 Å². The van der Waals surface area contributed by atoms with E-state index in [1.54, 1.807) is 31.8 Å². The highest BCUT2D eigenvalue weighted by Gasteiger charge is 2.44. The van der Waals surface area contributed by atoms with E-state index in [0.29, 0.717) is 85.5 Å². The zero-order valence-electron chi connectivity index (χ0n) is 49.7. The predicted octanol–water partition coefficient (Wildman–Crippen LogP) is 7.06. The maximum absolute atomic E-state index is 14.0. The maximum atomic E-state index is 14.0. The Morgan fingerprint density at radius 3 is 2.04 bits per heavy atom. The average Bonchev–Trinajstić information content (AvgIpc) is 4.17. The molecule has 4 heterocycles. The van der Waals surface area contributed by atoms with Crippen LogP contribution >= 0.6 is 30.1 Å². The molecule has 25 heteroatoms. The Labute approximate surface area is 507 Å². The molecule has 2 aliphatic rings. The number of rotatable bonds is 32. The molecule has 2 aromatic heterocycles. The van der Waals surface area contributed by atoms with Crippen molar-refractivity contribution in [2.24, 2.45) is 5.41 Å². The van der Waals surface area contributed by atoms with Crippen molar-refractivity contribution in [1.29, 1.82) is 0 Å². The summed E-state index contributed by atoms with van der Waals surface area (Å²) in [6.45, 7) is 15.8. The summed E-state index contributed by atoms with van der Waals surface area (Å²) in [6.07, 6.45) is 2.57. The van der Waals surface area contributed by atoms with E-state index >= 15 is 0 Å². The number of aliphatic hydroxyl groups is 1. The summed E-state index contributed by atoms with van der Waals surface area (Å²) in [4.78, 5) is 71.2. The summed E-state index contributed by atoms with van der Waals surface area (Å²) >= 11 is 8.04. The fourth-order valence-corrected chi connectivity index (χ4v) is 11.8. The Hall–Kier alpha value is -6.27. The SMILES string of the molecule is COc1cc(N2CCC(NC(=O)CCOCCOCCOCCOCCOCCC(=O)NC(C(=O)N3CC(O)CC3C(=O)NCc3ccc(-c4scnc4C)cc3)C(C)(C)C)CC2)ccc1Nc1ncc(Cl)c(Nc2ccccc2P(C)(C)=O)n1. The topological polar surface area (TPSA) is 266 Å². The Balaban J connectivity index is 0.676. The molecular weight excluding hydrogens is 1150 g/mol. The molecule has 6 N–H and O–H groups in total. The number of methoxy groups -OCH3 is 1. The third-order valence-electron chi connectivity index (χ3n) is 14.3. The van der Waals surface area contributed by atoms with Crippen LogP contribution in [0.3, 0.4) is 0 Å². The van der Waals surface area contributed by atoms with E-state index in [9.17, 15) is 28.8 Å². The second kappa shape index (κ2) is 32.5. The van der Waals surface area contributed by atoms with Crippen molar-refractivity contribution in [3.63, 3.8) is 0 Å². The number of carbonyl (C=O) groups excluding carboxylic acids is 4. The van der Waals surface area contributed by atoms with Gasteiger partial charge in [-0.05, 0) is 73.9 Å². The largest absolute Gasteiger partial charge is 0.494 e. The molecule has 3 aromatic carbocycles. The molecule has 4 amide bonds. The number of anilines is 5. The number of carbonyl (C=O) groups is 4. The number of hydrogen-bond acceptors (Lipinski definition) is 19. The summed E-state index contributed by atoms with van der Waals surface area (Å²) in [7, 11) is -0.972. The van der Waals surface area contributed by atoms with Crippen molar-refractivity contribution < 1.29 is 57.3 Å². The van der Waals surface area contributed by atoms with Crippen molar-refractivity contribution in [3.8, 4) is 16.2 Å². The van der Waals surface area contributed by atoms with Crippen LogP contribution in [0.1, 0.15) is 64.1 Å². The molecule has 0 spiro atoms. The van der Waals surface area contributed by atoms with Crippen molar-refractivity contribution in [2.45, 2.75) is 90.6 Å². The van der Waals surface area contributed by atoms with Crippen LogP contribution < -0.4 is 41.5 Å². The number of nitrogens with one attached hydrogen (secondary N) is 5. The molecule has 2 saturated heterocycles. The quantitative estimate of drug-likeness (QED) is 0.0186. The lowest BCUT2D eigenvalue weighted by Crippen LogP contribution is -2.57. The number of aliphatic hydroxyl groups excluding tert-OH is 1. The Morgan fingerprint density at radius 2 is 1.44 bits per heavy atom. The van der Waals surface area contributed by atoms with Crippen molar-refractivity contribution in [1.82, 2.24) is 35.8 Å². The van der Waals surface area contributed by atoms with Crippen LogP contribution in [0.2, 0.25) is 5.02 Å². The third-order valence-corrected chi connectivity index (χ3v) is 17.1. The summed E-state index contributed by atoms with van der Waals surface area (Å²) in [5.41, 5.74) is 6.34. The number of halogens is 1. The molecule has 0 saturated carbocycles. The lowest BCUT2D eigenvalue weighted by atomic mass is 9.85. The molecule has 462 valence electrons. The number of aryl methyl sites for hydroxylation is 1. The molecule has 85 heavy (non-hydrogen) atoms. The van der Waals surface area contributed by atoms with E-state index in [4.69, 9.17) is 40.0 Å². The Bertz CT molecular complexity index is 3030. The molecule has 0 aliphatic carbocycles. The Morgan fingerprint density at radius 1 is 0.812 bits per heavy atom. The van der Waals surface area contributed by atoms with Gasteiger partial charge in [0.15, 0.2) is 5.82 Å². The fourth-order valence-electron chi connectivity index (χ4n) is 9.70. The lowest BCUT2D eigenvalue weighted by Gasteiger charge is -2.35. The van der Waals surface area contributed by atoms with Gasteiger partial charge < -0.3 is 74.5 Å². The predicted molar refractivity (Wildman–Crippen MR) is 330 cm³/mol. The molecule has 3 unspecified atom stereocenters. The monoisotopic (exact) mass is 1230 g/mol. The van der Waals surface area contributed by atoms with Gasteiger partial charge in [-0.1, -0.05) is 68.8 Å². The van der Waals surface area contributed by atoms with Gasteiger partial charge in [-0.15, -0.1) is 11.3 Å². The van der Waals surface area contributed by atoms with Gasteiger partial charge in [-0.25, -0.2) is 9.97 Å². The number of β-amino-alcohol motifs (C(OH)–C–C–N with tert-alkyl or cyclic N) is 1. The summed E-state index contributed by atoms with van der Waals surface area (Å²) in [5.74, 6) is 0.0469. The molecule has 22 nitrogen and oxygen atoms in total. The van der Waals surface area contributed by atoms with Crippen LogP contribution in [0.4, 0.5) is 28.8 Å². The number of ether oxygens (including phenoxy) is 6. The van der Waals surface area contributed by atoms with Crippen LogP contribution in [-0.4, -0.2) is 179 Å². The molecule has 5 aromatic rings. The number of likely N-dealkylation sites (tertiary alicyclic amines) is 1. The number of hydrogen-bond donors (Lipinski definition) is 6. The number of amides is 4. The van der Waals surface area contributed by atoms with Gasteiger partial charge in [0.25, 0.3) is 0 Å². The number of para-hydroxylation sites is 1. The van der Waals surface area contributed by atoms with E-state index in [-0.39, 0.29) is 75.9 Å². The normalized spacial score (nSPS) is 16.0. The first-order valence-electron chi connectivity index (χ1n) is 28.6. The average molecular weight is 1230 g/mol. The Kier molecular flexibility index (Phi) is 25.3. The molecule has 2 aliphatic heterocycles. The molecular formula is C60H82ClN10O12PS. The number of aromatic nitrogens is 3. The van der Waals surface area contributed by atoms with Gasteiger partial charge in [-0.2, -0.15) is 4.98 Å². The highest BCUT2D eigenvalue weighted by atomic mass is 35.5. The van der Waals surface area contributed by atoms with Crippen molar-refractivity contribution in [2.75, 3.05) is 122 Å². The minimum Gasteiger partial charge on any atom is -0.494 e. The fraction of sp³-hybridized carbons (Fsp3) is 0.517. The van der Waals surface area contributed by atoms with Crippen LogP contribution in [-0.2, 0) is 54.0 Å². The first-order chi connectivity index (χ1) is 40.8. The smallest absolute Gasteiger partial charge is 0.246 e. The number of nitrogens with zero attached hydrogens (tertiary/aromatic N) is 5. The minimum absolute atomic E-state index is 0.0128. The van der Waals surface area contributed by atoms with E-state index < -0.39 is 36.7 Å².